The minimum absolute atomic E-state index is 0.0524. The van der Waals surface area contributed by atoms with Crippen molar-refractivity contribution < 1.29 is 24.5 Å². The van der Waals surface area contributed by atoms with Crippen LogP contribution < -0.4 is 10.1 Å². The Labute approximate surface area is 220 Å². The number of nitrogens with zero attached hydrogens (tertiary/aromatic N) is 1. The molecule has 1 heterocycles. The van der Waals surface area contributed by atoms with E-state index in [1.807, 2.05) is 35.2 Å². The molecule has 1 aliphatic heterocycles. The number of ether oxygens (including phenoxy) is 1. The summed E-state index contributed by atoms with van der Waals surface area (Å²) in [6, 6.07) is 7.04. The molecule has 0 spiro atoms. The smallest absolute Gasteiger partial charge is 0.247 e. The number of aliphatic hydroxyl groups is 2. The molecule has 4 atom stereocenters. The highest BCUT2D eigenvalue weighted by Crippen LogP contribution is 2.47. The average molecular weight is 511 g/mol. The van der Waals surface area contributed by atoms with Gasteiger partial charge in [0.15, 0.2) is 0 Å². The number of carbonyl (C=O) groups is 2. The number of fused-ring (bicyclic) bond motifs is 3. The predicted molar refractivity (Wildman–Crippen MR) is 141 cm³/mol. The van der Waals surface area contributed by atoms with Crippen molar-refractivity contribution in [2.45, 2.75) is 107 Å². The minimum atomic E-state index is -0.939. The van der Waals surface area contributed by atoms with E-state index >= 15 is 0 Å². The second-order valence-electron chi connectivity index (χ2n) is 11.3. The highest BCUT2D eigenvalue weighted by atomic mass is 16.5. The molecule has 7 nitrogen and oxygen atoms in total. The molecule has 0 radical (unpaired) electrons. The molecule has 2 saturated carbocycles. The normalized spacial score (nSPS) is 28.0. The van der Waals surface area contributed by atoms with E-state index in [1.54, 1.807) is 0 Å². The molecule has 7 heteroatoms. The molecule has 0 saturated heterocycles. The van der Waals surface area contributed by atoms with Gasteiger partial charge in [-0.15, -0.1) is 0 Å². The van der Waals surface area contributed by atoms with Gasteiger partial charge in [-0.05, 0) is 37.3 Å². The number of para-hydroxylation sites is 1. The van der Waals surface area contributed by atoms with Gasteiger partial charge in [-0.3, -0.25) is 9.59 Å². The third-order valence-corrected chi connectivity index (χ3v) is 8.95. The van der Waals surface area contributed by atoms with E-state index in [-0.39, 0.29) is 31.0 Å². The fraction of sp³-hybridized carbons (Fsp3) is 0.667. The molecule has 202 valence electrons. The quantitative estimate of drug-likeness (QED) is 0.462. The van der Waals surface area contributed by atoms with Crippen molar-refractivity contribution in [1.29, 1.82) is 0 Å². The maximum Gasteiger partial charge on any atom is 0.247 e. The van der Waals surface area contributed by atoms with Crippen LogP contribution in [0.15, 0.2) is 35.9 Å². The number of hydrogen-bond acceptors (Lipinski definition) is 5. The molecule has 0 bridgehead atoms. The summed E-state index contributed by atoms with van der Waals surface area (Å²) < 4.78 is 6.26. The Hall–Kier alpha value is -2.38. The van der Waals surface area contributed by atoms with Gasteiger partial charge in [-0.1, -0.05) is 69.6 Å². The van der Waals surface area contributed by atoms with Crippen molar-refractivity contribution in [3.05, 3.63) is 41.5 Å². The number of benzene rings is 1. The van der Waals surface area contributed by atoms with Crippen LogP contribution >= 0.6 is 0 Å². The number of nitrogens with one attached hydrogen (secondary N) is 1. The third kappa shape index (κ3) is 5.58. The fourth-order valence-corrected chi connectivity index (χ4v) is 7.07. The molecule has 0 unspecified atom stereocenters. The molecule has 5 rings (SSSR count). The predicted octanol–water partition coefficient (Wildman–Crippen LogP) is 3.83. The van der Waals surface area contributed by atoms with Crippen LogP contribution in [0.3, 0.4) is 0 Å². The highest BCUT2D eigenvalue weighted by molar-refractivity contribution is 5.96. The summed E-state index contributed by atoms with van der Waals surface area (Å²) in [4.78, 5) is 29.2. The third-order valence-electron chi connectivity index (χ3n) is 8.95. The van der Waals surface area contributed by atoms with Crippen LogP contribution in [0.1, 0.15) is 88.5 Å². The molecule has 3 N–H and O–H groups in total. The summed E-state index contributed by atoms with van der Waals surface area (Å²) in [5, 5.41) is 23.9. The largest absolute Gasteiger partial charge is 0.486 e. The molecule has 4 aliphatic rings. The first-order valence-electron chi connectivity index (χ1n) is 14.4. The van der Waals surface area contributed by atoms with E-state index in [4.69, 9.17) is 4.74 Å². The van der Waals surface area contributed by atoms with Crippen molar-refractivity contribution in [3.63, 3.8) is 0 Å². The van der Waals surface area contributed by atoms with Gasteiger partial charge < -0.3 is 25.2 Å². The van der Waals surface area contributed by atoms with E-state index in [0.717, 1.165) is 37.7 Å². The molecular weight excluding hydrogens is 468 g/mol. The highest BCUT2D eigenvalue weighted by Gasteiger charge is 2.51. The van der Waals surface area contributed by atoms with Gasteiger partial charge in [0.25, 0.3) is 0 Å². The SMILES string of the molecule is O=C(NCCO)C1=C[C@@H](N(C(=O)CCC2CCCC2)C2CCCCCC2)[C@H](O)[C@H]2Oc3ccccc3[C@@H]12. The summed E-state index contributed by atoms with van der Waals surface area (Å²) in [6.07, 6.45) is 12.9. The zero-order valence-electron chi connectivity index (χ0n) is 21.8. The van der Waals surface area contributed by atoms with Crippen LogP contribution in [-0.4, -0.2) is 64.4 Å². The van der Waals surface area contributed by atoms with Crippen molar-refractivity contribution in [2.24, 2.45) is 5.92 Å². The van der Waals surface area contributed by atoms with Crippen LogP contribution in [0.5, 0.6) is 5.75 Å². The average Bonchev–Trinajstić information content (AvgIpc) is 3.49. The maximum atomic E-state index is 13.9. The number of carbonyl (C=O) groups excluding carboxylic acids is 2. The second-order valence-corrected chi connectivity index (χ2v) is 11.3. The lowest BCUT2D eigenvalue weighted by molar-refractivity contribution is -0.141. The summed E-state index contributed by atoms with van der Waals surface area (Å²) in [7, 11) is 0. The summed E-state index contributed by atoms with van der Waals surface area (Å²) in [5.41, 5.74) is 1.39. The number of aliphatic hydroxyl groups excluding tert-OH is 2. The molecule has 3 aliphatic carbocycles. The van der Waals surface area contributed by atoms with Crippen LogP contribution in [0, 0.1) is 5.92 Å². The van der Waals surface area contributed by atoms with Gasteiger partial charge in [0.2, 0.25) is 11.8 Å². The van der Waals surface area contributed by atoms with Crippen LogP contribution in [0.2, 0.25) is 0 Å². The number of rotatable bonds is 8. The first kappa shape index (κ1) is 26.2. The minimum Gasteiger partial charge on any atom is -0.486 e. The first-order valence-corrected chi connectivity index (χ1v) is 14.4. The summed E-state index contributed by atoms with van der Waals surface area (Å²) >= 11 is 0. The molecule has 37 heavy (non-hydrogen) atoms. The zero-order chi connectivity index (χ0) is 25.8. The van der Waals surface area contributed by atoms with Gasteiger partial charge in [0, 0.05) is 30.1 Å². The number of hydrogen-bond donors (Lipinski definition) is 3. The van der Waals surface area contributed by atoms with Gasteiger partial charge in [0.1, 0.15) is 18.0 Å². The van der Waals surface area contributed by atoms with Gasteiger partial charge in [0.05, 0.1) is 18.6 Å². The van der Waals surface area contributed by atoms with Crippen molar-refractivity contribution in [1.82, 2.24) is 10.2 Å². The van der Waals surface area contributed by atoms with E-state index in [2.05, 4.69) is 5.32 Å². The van der Waals surface area contributed by atoms with Crippen molar-refractivity contribution in [2.75, 3.05) is 13.2 Å². The van der Waals surface area contributed by atoms with E-state index < -0.39 is 24.2 Å². The van der Waals surface area contributed by atoms with Crippen molar-refractivity contribution in [3.8, 4) is 5.75 Å². The lowest BCUT2D eigenvalue weighted by atomic mass is 9.77. The number of amides is 2. The molecule has 0 aromatic heterocycles. The Kier molecular flexibility index (Phi) is 8.50. The molecule has 2 amide bonds. The van der Waals surface area contributed by atoms with Gasteiger partial charge in [-0.2, -0.15) is 0 Å². The summed E-state index contributed by atoms with van der Waals surface area (Å²) in [5.74, 6) is 0.685. The first-order chi connectivity index (χ1) is 18.1. The Morgan fingerprint density at radius 3 is 2.43 bits per heavy atom. The van der Waals surface area contributed by atoms with Crippen LogP contribution in [0.4, 0.5) is 0 Å². The standard InChI is InChI=1S/C30H42N2O5/c33-18-17-31-30(36)23-19-24(28(35)29-27(23)22-13-7-8-14-25(22)37-29)32(21-11-3-1-2-4-12-21)26(34)16-15-20-9-5-6-10-20/h7-8,13-14,19-21,24,27-29,33,35H,1-6,9-12,15-18H2,(H,31,36)/t24-,27+,28+,29+/m1/s1. The topological polar surface area (TPSA) is 99.1 Å². The zero-order valence-corrected chi connectivity index (χ0v) is 21.8. The van der Waals surface area contributed by atoms with E-state index in [0.29, 0.717) is 23.7 Å². The van der Waals surface area contributed by atoms with E-state index in [9.17, 15) is 19.8 Å². The Balaban J connectivity index is 1.48. The molecule has 1 aromatic carbocycles. The van der Waals surface area contributed by atoms with E-state index in [1.165, 1.54) is 38.5 Å². The van der Waals surface area contributed by atoms with Gasteiger partial charge >= 0.3 is 0 Å². The molecular formula is C30H42N2O5. The monoisotopic (exact) mass is 510 g/mol. The second kappa shape index (κ2) is 12.0. The van der Waals surface area contributed by atoms with Crippen LogP contribution in [-0.2, 0) is 9.59 Å². The van der Waals surface area contributed by atoms with Crippen LogP contribution in [0.25, 0.3) is 0 Å². The maximum absolute atomic E-state index is 13.9. The molecule has 2 fully saturated rings. The molecule has 1 aromatic rings. The lowest BCUT2D eigenvalue weighted by Gasteiger charge is -2.44. The van der Waals surface area contributed by atoms with Gasteiger partial charge in [-0.25, -0.2) is 0 Å². The Morgan fingerprint density at radius 2 is 1.70 bits per heavy atom. The fourth-order valence-electron chi connectivity index (χ4n) is 7.07. The Morgan fingerprint density at radius 1 is 1.00 bits per heavy atom. The lowest BCUT2D eigenvalue weighted by Crippen LogP contribution is -2.58. The Bertz CT molecular complexity index is 980. The summed E-state index contributed by atoms with van der Waals surface area (Å²) in [6.45, 7) is -0.00392. The van der Waals surface area contributed by atoms with Crippen molar-refractivity contribution >= 4 is 11.8 Å².